The van der Waals surface area contributed by atoms with Gasteiger partial charge < -0.3 is 0 Å². The predicted octanol–water partition coefficient (Wildman–Crippen LogP) is 3.57. The van der Waals surface area contributed by atoms with Crippen LogP contribution in [0, 0.1) is 6.92 Å². The lowest BCUT2D eigenvalue weighted by Crippen LogP contribution is -2.48. The Morgan fingerprint density at radius 2 is 1.75 bits per heavy atom. The van der Waals surface area contributed by atoms with Gasteiger partial charge in [-0.25, -0.2) is 5.43 Å². The van der Waals surface area contributed by atoms with Crippen molar-refractivity contribution in [2.24, 2.45) is 5.10 Å². The average Bonchev–Trinajstić information content (AvgIpc) is 2.67. The topological polar surface area (TPSA) is 47.9 Å². The molecule has 0 spiro atoms. The van der Waals surface area contributed by atoms with Gasteiger partial charge in [0, 0.05) is 43.3 Å². The maximum Gasteiger partial charge on any atom is 0.254 e. The molecule has 1 saturated heterocycles. The van der Waals surface area contributed by atoms with Crippen LogP contribution in [0.5, 0.6) is 0 Å². The van der Waals surface area contributed by atoms with Crippen LogP contribution in [0.4, 0.5) is 0 Å². The van der Waals surface area contributed by atoms with Gasteiger partial charge in [-0.05, 0) is 24.6 Å². The van der Waals surface area contributed by atoms with Crippen molar-refractivity contribution >= 4 is 35.3 Å². The standard InChI is InChI=1S/C21H24Cl2N4O/c1-16-2-4-17(5-3-16)14-26-8-10-27(11-9-26)15-21(28)25-24-13-18-6-7-19(22)12-20(18)23/h2-7,12-13H,8-11,14-15H2,1H3,(H,25,28). The summed E-state index contributed by atoms with van der Waals surface area (Å²) in [5.41, 5.74) is 5.87. The van der Waals surface area contributed by atoms with E-state index in [1.54, 1.807) is 18.2 Å². The predicted molar refractivity (Wildman–Crippen MR) is 115 cm³/mol. The summed E-state index contributed by atoms with van der Waals surface area (Å²) in [4.78, 5) is 16.7. The Morgan fingerprint density at radius 3 is 2.43 bits per heavy atom. The number of hydrogen-bond donors (Lipinski definition) is 1. The molecule has 2 aromatic carbocycles. The van der Waals surface area contributed by atoms with Crippen LogP contribution in [0.3, 0.4) is 0 Å². The minimum atomic E-state index is -0.131. The molecule has 3 rings (SSSR count). The third-order valence-corrected chi connectivity index (χ3v) is 5.28. The largest absolute Gasteiger partial charge is 0.297 e. The molecule has 1 N–H and O–H groups in total. The zero-order chi connectivity index (χ0) is 19.9. The maximum absolute atomic E-state index is 12.1. The monoisotopic (exact) mass is 418 g/mol. The van der Waals surface area contributed by atoms with Crippen LogP contribution in [0.1, 0.15) is 16.7 Å². The van der Waals surface area contributed by atoms with E-state index < -0.39 is 0 Å². The number of nitrogens with one attached hydrogen (secondary N) is 1. The zero-order valence-corrected chi connectivity index (χ0v) is 17.4. The minimum Gasteiger partial charge on any atom is -0.297 e. The Labute approximate surface area is 175 Å². The van der Waals surface area contributed by atoms with Crippen molar-refractivity contribution in [1.29, 1.82) is 0 Å². The second-order valence-corrected chi connectivity index (χ2v) is 7.84. The molecule has 1 heterocycles. The first-order valence-corrected chi connectivity index (χ1v) is 10.0. The molecular formula is C21H24Cl2N4O. The summed E-state index contributed by atoms with van der Waals surface area (Å²) in [6.07, 6.45) is 1.52. The van der Waals surface area contributed by atoms with Gasteiger partial charge in [0.15, 0.2) is 0 Å². The third kappa shape index (κ3) is 6.31. The highest BCUT2D eigenvalue weighted by Gasteiger charge is 2.18. The summed E-state index contributed by atoms with van der Waals surface area (Å²) in [5.74, 6) is -0.131. The van der Waals surface area contributed by atoms with Gasteiger partial charge in [-0.2, -0.15) is 5.10 Å². The van der Waals surface area contributed by atoms with Gasteiger partial charge in [-0.1, -0.05) is 59.1 Å². The van der Waals surface area contributed by atoms with E-state index in [1.807, 2.05) is 0 Å². The number of benzene rings is 2. The van der Waals surface area contributed by atoms with Crippen molar-refractivity contribution < 1.29 is 4.79 Å². The molecule has 2 aromatic rings. The number of aryl methyl sites for hydroxylation is 1. The average molecular weight is 419 g/mol. The molecule has 0 aromatic heterocycles. The highest BCUT2D eigenvalue weighted by molar-refractivity contribution is 6.36. The van der Waals surface area contributed by atoms with E-state index in [9.17, 15) is 4.79 Å². The van der Waals surface area contributed by atoms with Gasteiger partial charge in [-0.3, -0.25) is 14.6 Å². The van der Waals surface area contributed by atoms with Gasteiger partial charge in [-0.15, -0.1) is 0 Å². The van der Waals surface area contributed by atoms with Crippen molar-refractivity contribution in [2.45, 2.75) is 13.5 Å². The summed E-state index contributed by atoms with van der Waals surface area (Å²) in [6, 6.07) is 13.8. The fourth-order valence-corrected chi connectivity index (χ4v) is 3.53. The van der Waals surface area contributed by atoms with Crippen molar-refractivity contribution in [1.82, 2.24) is 15.2 Å². The lowest BCUT2D eigenvalue weighted by Gasteiger charge is -2.34. The van der Waals surface area contributed by atoms with Gasteiger partial charge in [0.05, 0.1) is 17.8 Å². The Bertz CT molecular complexity index is 831. The molecule has 5 nitrogen and oxygen atoms in total. The second-order valence-electron chi connectivity index (χ2n) is 7.00. The number of carbonyl (C=O) groups is 1. The lowest BCUT2D eigenvalue weighted by molar-refractivity contribution is -0.122. The highest BCUT2D eigenvalue weighted by Crippen LogP contribution is 2.19. The van der Waals surface area contributed by atoms with Gasteiger partial charge in [0.1, 0.15) is 0 Å². The van der Waals surface area contributed by atoms with Crippen LogP contribution in [-0.2, 0) is 11.3 Å². The molecule has 0 bridgehead atoms. The lowest BCUT2D eigenvalue weighted by atomic mass is 10.1. The van der Waals surface area contributed by atoms with Crippen LogP contribution in [0.25, 0.3) is 0 Å². The normalized spacial score (nSPS) is 15.8. The Morgan fingerprint density at radius 1 is 1.07 bits per heavy atom. The number of hydrogen-bond acceptors (Lipinski definition) is 4. The molecule has 0 atom stereocenters. The molecule has 1 aliphatic rings. The van der Waals surface area contributed by atoms with E-state index in [0.717, 1.165) is 32.7 Å². The van der Waals surface area contributed by atoms with E-state index in [0.29, 0.717) is 22.2 Å². The molecule has 0 aliphatic carbocycles. The number of hydrazone groups is 1. The van der Waals surface area contributed by atoms with E-state index in [4.69, 9.17) is 23.2 Å². The fourth-order valence-electron chi connectivity index (χ4n) is 3.08. The molecular weight excluding hydrogens is 395 g/mol. The number of piperazine rings is 1. The third-order valence-electron chi connectivity index (χ3n) is 4.71. The van der Waals surface area contributed by atoms with Crippen molar-refractivity contribution in [3.05, 3.63) is 69.2 Å². The van der Waals surface area contributed by atoms with E-state index in [1.165, 1.54) is 17.3 Å². The number of carbonyl (C=O) groups excluding carboxylic acids is 1. The van der Waals surface area contributed by atoms with E-state index in [-0.39, 0.29) is 5.91 Å². The van der Waals surface area contributed by atoms with Crippen molar-refractivity contribution in [2.75, 3.05) is 32.7 Å². The van der Waals surface area contributed by atoms with Crippen molar-refractivity contribution in [3.8, 4) is 0 Å². The van der Waals surface area contributed by atoms with Gasteiger partial charge >= 0.3 is 0 Å². The summed E-state index contributed by atoms with van der Waals surface area (Å²) in [7, 11) is 0. The Kier molecular flexibility index (Phi) is 7.45. The first-order chi connectivity index (χ1) is 13.5. The van der Waals surface area contributed by atoms with E-state index in [2.05, 4.69) is 51.5 Å². The smallest absolute Gasteiger partial charge is 0.254 e. The Hall–Kier alpha value is -1.92. The number of amides is 1. The van der Waals surface area contributed by atoms with E-state index >= 15 is 0 Å². The molecule has 1 aliphatic heterocycles. The molecule has 148 valence electrons. The molecule has 1 fully saturated rings. The molecule has 0 unspecified atom stereocenters. The first kappa shape index (κ1) is 20.8. The summed E-state index contributed by atoms with van der Waals surface area (Å²) in [5, 5.41) is 5.04. The number of halogens is 2. The highest BCUT2D eigenvalue weighted by atomic mass is 35.5. The van der Waals surface area contributed by atoms with Gasteiger partial charge in [0.2, 0.25) is 0 Å². The molecule has 7 heteroatoms. The van der Waals surface area contributed by atoms with Crippen LogP contribution in [0.2, 0.25) is 10.0 Å². The summed E-state index contributed by atoms with van der Waals surface area (Å²) < 4.78 is 0. The number of rotatable bonds is 6. The maximum atomic E-state index is 12.1. The summed E-state index contributed by atoms with van der Waals surface area (Å²) in [6.45, 7) is 7.02. The first-order valence-electron chi connectivity index (χ1n) is 9.27. The fraction of sp³-hybridized carbons (Fsp3) is 0.333. The second kappa shape index (κ2) is 10.0. The van der Waals surface area contributed by atoms with Gasteiger partial charge in [0.25, 0.3) is 5.91 Å². The van der Waals surface area contributed by atoms with Crippen LogP contribution < -0.4 is 5.43 Å². The van der Waals surface area contributed by atoms with Crippen LogP contribution in [-0.4, -0.2) is 54.6 Å². The van der Waals surface area contributed by atoms with Crippen molar-refractivity contribution in [3.63, 3.8) is 0 Å². The molecule has 0 radical (unpaired) electrons. The summed E-state index contributed by atoms with van der Waals surface area (Å²) >= 11 is 11.9. The van der Waals surface area contributed by atoms with Crippen LogP contribution in [0.15, 0.2) is 47.6 Å². The Balaban J connectivity index is 1.39. The minimum absolute atomic E-state index is 0.131. The molecule has 28 heavy (non-hydrogen) atoms. The molecule has 1 amide bonds. The quantitative estimate of drug-likeness (QED) is 0.575. The molecule has 0 saturated carbocycles. The zero-order valence-electron chi connectivity index (χ0n) is 15.9. The SMILES string of the molecule is Cc1ccc(CN2CCN(CC(=O)NN=Cc3ccc(Cl)cc3Cl)CC2)cc1. The number of nitrogens with zero attached hydrogens (tertiary/aromatic N) is 3. The van der Waals surface area contributed by atoms with Crippen LogP contribution >= 0.6 is 23.2 Å².